The molecule has 0 aromatic rings. The van der Waals surface area contributed by atoms with Gasteiger partial charge in [-0.15, -0.1) is 0 Å². The third-order valence-electron chi connectivity index (χ3n) is 2.78. The van der Waals surface area contributed by atoms with Crippen molar-refractivity contribution in [3.8, 4) is 0 Å². The SMILES string of the molecule is CC(CN)CCC(=O)N(C)CCCN(C)C. The van der Waals surface area contributed by atoms with Crippen molar-refractivity contribution in [3.63, 3.8) is 0 Å². The third kappa shape index (κ3) is 7.65. The molecule has 0 fully saturated rings. The van der Waals surface area contributed by atoms with Crippen molar-refractivity contribution in [2.24, 2.45) is 11.7 Å². The van der Waals surface area contributed by atoms with E-state index in [1.807, 2.05) is 26.0 Å². The molecule has 0 rings (SSSR count). The molecule has 0 spiro atoms. The lowest BCUT2D eigenvalue weighted by Gasteiger charge is -2.19. The molecule has 16 heavy (non-hydrogen) atoms. The van der Waals surface area contributed by atoms with E-state index >= 15 is 0 Å². The van der Waals surface area contributed by atoms with Crippen LogP contribution in [0.1, 0.15) is 26.2 Å². The monoisotopic (exact) mass is 229 g/mol. The second-order valence-electron chi connectivity index (χ2n) is 4.85. The standard InChI is InChI=1S/C12H27N3O/c1-11(10-13)6-7-12(16)15(4)9-5-8-14(2)3/h11H,5-10,13H2,1-4H3. The molecular formula is C12H27N3O. The first kappa shape index (κ1) is 15.4. The molecule has 0 saturated heterocycles. The van der Waals surface area contributed by atoms with E-state index in [0.29, 0.717) is 18.9 Å². The largest absolute Gasteiger partial charge is 0.346 e. The molecule has 0 aromatic heterocycles. The highest BCUT2D eigenvalue weighted by molar-refractivity contribution is 5.75. The summed E-state index contributed by atoms with van der Waals surface area (Å²) in [6.07, 6.45) is 2.55. The Kier molecular flexibility index (Phi) is 8.21. The first-order chi connectivity index (χ1) is 7.47. The number of amides is 1. The molecular weight excluding hydrogens is 202 g/mol. The van der Waals surface area contributed by atoms with E-state index in [1.54, 1.807) is 0 Å². The first-order valence-electron chi connectivity index (χ1n) is 6.06. The Bertz CT molecular complexity index is 195. The molecule has 0 aliphatic heterocycles. The van der Waals surface area contributed by atoms with Crippen molar-refractivity contribution >= 4 is 5.91 Å². The van der Waals surface area contributed by atoms with Gasteiger partial charge in [-0.25, -0.2) is 0 Å². The predicted octanol–water partition coefficient (Wildman–Crippen LogP) is 0.772. The lowest BCUT2D eigenvalue weighted by atomic mass is 10.1. The van der Waals surface area contributed by atoms with Crippen LogP contribution in [0, 0.1) is 5.92 Å². The zero-order valence-electron chi connectivity index (χ0n) is 11.2. The van der Waals surface area contributed by atoms with Crippen molar-refractivity contribution in [2.45, 2.75) is 26.2 Å². The lowest BCUT2D eigenvalue weighted by molar-refractivity contribution is -0.130. The average Bonchev–Trinajstić information content (AvgIpc) is 2.24. The fraction of sp³-hybridized carbons (Fsp3) is 0.917. The van der Waals surface area contributed by atoms with Crippen LogP contribution in [0.15, 0.2) is 0 Å². The Labute approximate surface area is 99.8 Å². The van der Waals surface area contributed by atoms with Gasteiger partial charge in [-0.05, 0) is 45.9 Å². The van der Waals surface area contributed by atoms with E-state index < -0.39 is 0 Å². The van der Waals surface area contributed by atoms with E-state index in [4.69, 9.17) is 5.73 Å². The Balaban J connectivity index is 3.65. The summed E-state index contributed by atoms with van der Waals surface area (Å²) in [5.74, 6) is 0.679. The van der Waals surface area contributed by atoms with E-state index in [0.717, 1.165) is 25.9 Å². The maximum absolute atomic E-state index is 11.7. The second-order valence-corrected chi connectivity index (χ2v) is 4.85. The Hall–Kier alpha value is -0.610. The summed E-state index contributed by atoms with van der Waals surface area (Å²) in [7, 11) is 5.97. The molecule has 0 heterocycles. The van der Waals surface area contributed by atoms with Gasteiger partial charge in [0.1, 0.15) is 0 Å². The van der Waals surface area contributed by atoms with Crippen LogP contribution in [-0.4, -0.2) is 56.5 Å². The number of carbonyl (C=O) groups excluding carboxylic acids is 1. The summed E-state index contributed by atoms with van der Waals surface area (Å²) >= 11 is 0. The fourth-order valence-corrected chi connectivity index (χ4v) is 1.43. The van der Waals surface area contributed by atoms with E-state index in [1.165, 1.54) is 0 Å². The number of hydrogen-bond donors (Lipinski definition) is 1. The molecule has 4 heteroatoms. The molecule has 96 valence electrons. The Morgan fingerprint density at radius 1 is 1.25 bits per heavy atom. The number of carbonyl (C=O) groups is 1. The minimum Gasteiger partial charge on any atom is -0.346 e. The summed E-state index contributed by atoms with van der Waals surface area (Å²) in [5.41, 5.74) is 5.52. The van der Waals surface area contributed by atoms with Gasteiger partial charge in [-0.1, -0.05) is 6.92 Å². The van der Waals surface area contributed by atoms with Gasteiger partial charge in [0.25, 0.3) is 0 Å². The highest BCUT2D eigenvalue weighted by atomic mass is 16.2. The molecule has 1 unspecified atom stereocenters. The normalized spacial score (nSPS) is 12.9. The second kappa shape index (κ2) is 8.53. The topological polar surface area (TPSA) is 49.6 Å². The van der Waals surface area contributed by atoms with E-state index in [-0.39, 0.29) is 5.91 Å². The van der Waals surface area contributed by atoms with Gasteiger partial charge >= 0.3 is 0 Å². The summed E-state index contributed by atoms with van der Waals surface area (Å²) in [5, 5.41) is 0. The number of hydrogen-bond acceptors (Lipinski definition) is 3. The molecule has 0 aliphatic carbocycles. The van der Waals surface area contributed by atoms with Crippen molar-refractivity contribution in [1.29, 1.82) is 0 Å². The van der Waals surface area contributed by atoms with E-state index in [2.05, 4.69) is 11.8 Å². The maximum atomic E-state index is 11.7. The van der Waals surface area contributed by atoms with Crippen molar-refractivity contribution in [1.82, 2.24) is 9.80 Å². The van der Waals surface area contributed by atoms with E-state index in [9.17, 15) is 4.79 Å². The molecule has 0 radical (unpaired) electrons. The van der Waals surface area contributed by atoms with Crippen LogP contribution >= 0.6 is 0 Å². The summed E-state index contributed by atoms with van der Waals surface area (Å²) in [6.45, 7) is 4.61. The highest BCUT2D eigenvalue weighted by Gasteiger charge is 2.10. The maximum Gasteiger partial charge on any atom is 0.222 e. The number of nitrogens with two attached hydrogens (primary N) is 1. The molecule has 4 nitrogen and oxygen atoms in total. The van der Waals surface area contributed by atoms with Gasteiger partial charge in [-0.2, -0.15) is 0 Å². The van der Waals surface area contributed by atoms with Crippen LogP contribution in [-0.2, 0) is 4.79 Å². The van der Waals surface area contributed by atoms with Gasteiger partial charge in [0.05, 0.1) is 0 Å². The predicted molar refractivity (Wildman–Crippen MR) is 68.3 cm³/mol. The lowest BCUT2D eigenvalue weighted by Crippen LogP contribution is -2.30. The Morgan fingerprint density at radius 2 is 1.88 bits per heavy atom. The average molecular weight is 229 g/mol. The number of nitrogens with zero attached hydrogens (tertiary/aromatic N) is 2. The zero-order chi connectivity index (χ0) is 12.6. The summed E-state index contributed by atoms with van der Waals surface area (Å²) in [6, 6.07) is 0. The smallest absolute Gasteiger partial charge is 0.222 e. The molecule has 1 atom stereocenters. The van der Waals surface area contributed by atoms with Crippen LogP contribution in [0.4, 0.5) is 0 Å². The number of rotatable bonds is 8. The molecule has 2 N–H and O–H groups in total. The van der Waals surface area contributed by atoms with Crippen LogP contribution in [0.25, 0.3) is 0 Å². The molecule has 1 amide bonds. The van der Waals surface area contributed by atoms with Crippen molar-refractivity contribution in [2.75, 3.05) is 40.8 Å². The first-order valence-corrected chi connectivity index (χ1v) is 6.06. The van der Waals surface area contributed by atoms with Crippen LogP contribution in [0.2, 0.25) is 0 Å². The van der Waals surface area contributed by atoms with Crippen molar-refractivity contribution in [3.05, 3.63) is 0 Å². The minimum atomic E-state index is 0.235. The Morgan fingerprint density at radius 3 is 2.38 bits per heavy atom. The summed E-state index contributed by atoms with van der Waals surface area (Å²) < 4.78 is 0. The minimum absolute atomic E-state index is 0.235. The quantitative estimate of drug-likeness (QED) is 0.669. The van der Waals surface area contributed by atoms with Gasteiger partial charge in [0, 0.05) is 20.0 Å². The third-order valence-corrected chi connectivity index (χ3v) is 2.78. The summed E-state index contributed by atoms with van der Waals surface area (Å²) in [4.78, 5) is 15.7. The molecule has 0 bridgehead atoms. The van der Waals surface area contributed by atoms with Gasteiger partial charge in [-0.3, -0.25) is 4.79 Å². The van der Waals surface area contributed by atoms with Crippen LogP contribution < -0.4 is 5.73 Å². The van der Waals surface area contributed by atoms with Crippen LogP contribution in [0.5, 0.6) is 0 Å². The van der Waals surface area contributed by atoms with Gasteiger partial charge in [0.15, 0.2) is 0 Å². The highest BCUT2D eigenvalue weighted by Crippen LogP contribution is 2.05. The molecule has 0 aromatic carbocycles. The van der Waals surface area contributed by atoms with Gasteiger partial charge < -0.3 is 15.5 Å². The van der Waals surface area contributed by atoms with Gasteiger partial charge in [0.2, 0.25) is 5.91 Å². The van der Waals surface area contributed by atoms with Crippen LogP contribution in [0.3, 0.4) is 0 Å². The van der Waals surface area contributed by atoms with Crippen molar-refractivity contribution < 1.29 is 4.79 Å². The molecule has 0 aliphatic rings. The fourth-order valence-electron chi connectivity index (χ4n) is 1.43. The zero-order valence-corrected chi connectivity index (χ0v) is 11.2. The molecule has 0 saturated carbocycles.